The minimum Gasteiger partial charge on any atom is -0.360 e. The molecule has 2 aromatic carbocycles. The van der Waals surface area contributed by atoms with Gasteiger partial charge in [0.2, 0.25) is 0 Å². The number of ketones is 1. The van der Waals surface area contributed by atoms with E-state index in [9.17, 15) is 14.0 Å². The number of aromatic nitrogens is 6. The molecule has 1 aliphatic rings. The number of aromatic amines is 1. The molecule has 5 aromatic rings. The Morgan fingerprint density at radius 1 is 0.943 bits per heavy atom. The minimum atomic E-state index is -0.525. The van der Waals surface area contributed by atoms with Crippen molar-refractivity contribution in [1.82, 2.24) is 34.8 Å². The Morgan fingerprint density at radius 3 is 2.51 bits per heavy atom. The number of hydrogen-bond donors (Lipinski definition) is 1. The second-order valence-electron chi connectivity index (χ2n) is 8.20. The fourth-order valence-electron chi connectivity index (χ4n) is 4.36. The van der Waals surface area contributed by atoms with Crippen molar-refractivity contribution in [1.29, 1.82) is 0 Å². The predicted octanol–water partition coefficient (Wildman–Crippen LogP) is 2.36. The number of halogens is 1. The van der Waals surface area contributed by atoms with Crippen LogP contribution in [0.1, 0.15) is 10.4 Å². The highest BCUT2D eigenvalue weighted by molar-refractivity contribution is 6.44. The van der Waals surface area contributed by atoms with Crippen molar-refractivity contribution < 1.29 is 14.0 Å². The lowest BCUT2D eigenvalue weighted by Crippen LogP contribution is -2.51. The summed E-state index contributed by atoms with van der Waals surface area (Å²) in [5.41, 5.74) is 2.82. The zero-order valence-electron chi connectivity index (χ0n) is 18.4. The van der Waals surface area contributed by atoms with E-state index in [2.05, 4.69) is 25.3 Å². The Balaban J connectivity index is 1.20. The highest BCUT2D eigenvalue weighted by Crippen LogP contribution is 2.24. The van der Waals surface area contributed by atoms with E-state index < -0.39 is 11.7 Å². The van der Waals surface area contributed by atoms with Crippen molar-refractivity contribution in [3.05, 3.63) is 72.4 Å². The number of hydrogen-bond acceptors (Lipinski definition) is 7. The van der Waals surface area contributed by atoms with Crippen LogP contribution in [0.15, 0.2) is 61.1 Å². The maximum absolute atomic E-state index is 13.3. The molecule has 0 bridgehead atoms. The van der Waals surface area contributed by atoms with Gasteiger partial charge in [-0.25, -0.2) is 14.4 Å². The number of anilines is 1. The number of carbonyl (C=O) groups excluding carboxylic acids is 2. The fourth-order valence-corrected chi connectivity index (χ4v) is 4.36. The molecule has 10 nitrogen and oxygen atoms in total. The van der Waals surface area contributed by atoms with Gasteiger partial charge in [0.25, 0.3) is 11.7 Å². The largest absolute Gasteiger partial charge is 0.360 e. The molecule has 0 spiro atoms. The van der Waals surface area contributed by atoms with E-state index in [-0.39, 0.29) is 5.82 Å². The van der Waals surface area contributed by atoms with Gasteiger partial charge >= 0.3 is 0 Å². The first kappa shape index (κ1) is 20.9. The summed E-state index contributed by atoms with van der Waals surface area (Å²) in [6, 6.07) is 13.3. The molecule has 4 heterocycles. The van der Waals surface area contributed by atoms with Crippen molar-refractivity contribution in [2.75, 3.05) is 31.1 Å². The monoisotopic (exact) mass is 470 g/mol. The molecule has 174 valence electrons. The van der Waals surface area contributed by atoms with Crippen LogP contribution in [0.3, 0.4) is 0 Å². The number of carbonyl (C=O) groups is 2. The lowest BCUT2D eigenvalue weighted by molar-refractivity contribution is -0.126. The third-order valence-electron chi connectivity index (χ3n) is 6.18. The third-order valence-corrected chi connectivity index (χ3v) is 6.18. The van der Waals surface area contributed by atoms with Crippen LogP contribution in [0.25, 0.3) is 27.8 Å². The van der Waals surface area contributed by atoms with E-state index in [1.807, 2.05) is 29.2 Å². The van der Waals surface area contributed by atoms with E-state index >= 15 is 0 Å². The average Bonchev–Trinajstić information content (AvgIpc) is 3.53. The molecule has 35 heavy (non-hydrogen) atoms. The van der Waals surface area contributed by atoms with Gasteiger partial charge in [-0.05, 0) is 30.3 Å². The van der Waals surface area contributed by atoms with Gasteiger partial charge in [0.1, 0.15) is 12.1 Å². The van der Waals surface area contributed by atoms with Crippen molar-refractivity contribution in [3.8, 4) is 5.69 Å². The summed E-state index contributed by atoms with van der Waals surface area (Å²) in [6.45, 7) is 1.68. The molecule has 1 amide bonds. The van der Waals surface area contributed by atoms with E-state index in [4.69, 9.17) is 0 Å². The summed E-state index contributed by atoms with van der Waals surface area (Å²) in [7, 11) is 0. The van der Waals surface area contributed by atoms with E-state index in [0.29, 0.717) is 54.4 Å². The van der Waals surface area contributed by atoms with Crippen molar-refractivity contribution in [2.45, 2.75) is 0 Å². The van der Waals surface area contributed by atoms with E-state index in [0.717, 1.165) is 10.9 Å². The molecule has 0 saturated carbocycles. The molecule has 0 unspecified atom stereocenters. The van der Waals surface area contributed by atoms with Crippen LogP contribution in [-0.2, 0) is 4.79 Å². The van der Waals surface area contributed by atoms with Crippen LogP contribution in [0.4, 0.5) is 10.2 Å². The highest BCUT2D eigenvalue weighted by Gasteiger charge is 2.29. The van der Waals surface area contributed by atoms with Crippen LogP contribution in [0.5, 0.6) is 0 Å². The lowest BCUT2D eigenvalue weighted by atomic mass is 10.1. The molecule has 1 N–H and O–H groups in total. The Kier molecular flexibility index (Phi) is 4.94. The lowest BCUT2D eigenvalue weighted by Gasteiger charge is -2.34. The van der Waals surface area contributed by atoms with Crippen LogP contribution in [0.2, 0.25) is 0 Å². The Morgan fingerprint density at radius 2 is 1.71 bits per heavy atom. The molecular weight excluding hydrogens is 451 g/mol. The summed E-state index contributed by atoms with van der Waals surface area (Å²) in [6.07, 6.45) is 3.02. The van der Waals surface area contributed by atoms with Crippen molar-refractivity contribution in [3.63, 3.8) is 0 Å². The second-order valence-corrected chi connectivity index (χ2v) is 8.20. The molecule has 3 aromatic heterocycles. The summed E-state index contributed by atoms with van der Waals surface area (Å²) < 4.78 is 14.8. The number of piperazine rings is 1. The number of nitrogens with zero attached hydrogens (tertiary/aromatic N) is 7. The average molecular weight is 470 g/mol. The number of rotatable bonds is 4. The standard InChI is InChI=1S/C24H19FN8O2/c25-15-5-7-16(8-6-15)33-23-20(29-30-33)22(27-14-28-23)31-9-11-32(12-10-31)24(35)21(34)18-13-26-19-4-2-1-3-17(18)19/h1-8,13-14,26H,9-12H2. The number of amides is 1. The first-order valence-electron chi connectivity index (χ1n) is 11.1. The Bertz CT molecular complexity index is 1570. The van der Waals surface area contributed by atoms with E-state index in [1.165, 1.54) is 23.1 Å². The maximum Gasteiger partial charge on any atom is 0.295 e. The van der Waals surface area contributed by atoms with Gasteiger partial charge in [-0.15, -0.1) is 5.10 Å². The molecule has 0 atom stereocenters. The maximum atomic E-state index is 13.3. The summed E-state index contributed by atoms with van der Waals surface area (Å²) >= 11 is 0. The van der Waals surface area contributed by atoms with Gasteiger partial charge in [-0.2, -0.15) is 4.68 Å². The second kappa shape index (κ2) is 8.28. The van der Waals surface area contributed by atoms with E-state index in [1.54, 1.807) is 23.2 Å². The molecule has 1 aliphatic heterocycles. The summed E-state index contributed by atoms with van der Waals surface area (Å²) in [4.78, 5) is 41.2. The topological polar surface area (TPSA) is 113 Å². The number of H-pyrrole nitrogens is 1. The van der Waals surface area contributed by atoms with Crippen molar-refractivity contribution in [2.24, 2.45) is 0 Å². The van der Waals surface area contributed by atoms with Gasteiger partial charge in [0.05, 0.1) is 11.3 Å². The molecular formula is C24H19FN8O2. The molecule has 0 radical (unpaired) electrons. The summed E-state index contributed by atoms with van der Waals surface area (Å²) in [5, 5.41) is 9.16. The van der Waals surface area contributed by atoms with Crippen molar-refractivity contribution >= 4 is 39.6 Å². The molecule has 11 heteroatoms. The first-order chi connectivity index (χ1) is 17.1. The fraction of sp³-hybridized carbons (Fsp3) is 0.167. The number of benzene rings is 2. The van der Waals surface area contributed by atoms with Crippen LogP contribution in [0, 0.1) is 5.82 Å². The number of para-hydroxylation sites is 1. The molecule has 1 saturated heterocycles. The predicted molar refractivity (Wildman–Crippen MR) is 126 cm³/mol. The molecule has 1 fully saturated rings. The normalized spacial score (nSPS) is 14.1. The zero-order chi connectivity index (χ0) is 23.9. The highest BCUT2D eigenvalue weighted by atomic mass is 19.1. The Hall–Kier alpha value is -4.67. The van der Waals surface area contributed by atoms with Gasteiger partial charge in [-0.1, -0.05) is 23.4 Å². The third kappa shape index (κ3) is 3.57. The molecule has 6 rings (SSSR count). The first-order valence-corrected chi connectivity index (χ1v) is 11.1. The van der Waals surface area contributed by atoms with Gasteiger partial charge < -0.3 is 14.8 Å². The summed E-state index contributed by atoms with van der Waals surface area (Å²) in [5.74, 6) is -0.797. The number of fused-ring (bicyclic) bond motifs is 2. The number of Topliss-reactive ketones (excluding diaryl/α,β-unsaturated/α-hetero) is 1. The number of nitrogens with one attached hydrogen (secondary N) is 1. The smallest absolute Gasteiger partial charge is 0.295 e. The van der Waals surface area contributed by atoms with Gasteiger partial charge in [0.15, 0.2) is 17.0 Å². The van der Waals surface area contributed by atoms with Gasteiger partial charge in [0, 0.05) is 43.3 Å². The molecule has 0 aliphatic carbocycles. The van der Waals surface area contributed by atoms with Crippen LogP contribution in [-0.4, -0.2) is 72.7 Å². The quantitative estimate of drug-likeness (QED) is 0.317. The zero-order valence-corrected chi connectivity index (χ0v) is 18.4. The van der Waals surface area contributed by atoms with Crippen LogP contribution >= 0.6 is 0 Å². The Labute approximate surface area is 198 Å². The van der Waals surface area contributed by atoms with Crippen LogP contribution < -0.4 is 4.90 Å². The SMILES string of the molecule is O=C(C(=O)N1CCN(c2ncnc3c2nnn3-c2ccc(F)cc2)CC1)c1c[nH]c2ccccc12. The minimum absolute atomic E-state index is 0.343. The van der Waals surface area contributed by atoms with Gasteiger partial charge in [-0.3, -0.25) is 9.59 Å².